The van der Waals surface area contributed by atoms with E-state index in [-0.39, 0.29) is 4.90 Å². The molecule has 0 aromatic heterocycles. The van der Waals surface area contributed by atoms with Crippen LogP contribution in [0.2, 0.25) is 0 Å². The summed E-state index contributed by atoms with van der Waals surface area (Å²) in [7, 11) is -3.26. The molecule has 2 aromatic carbocycles. The number of nitrogens with one attached hydrogen (secondary N) is 1. The predicted molar refractivity (Wildman–Crippen MR) is 73.9 cm³/mol. The molecule has 6 heteroatoms. The standard InChI is InChI=1S/C14H12FNO3S/c1-20(18,19)13-8-6-12(7-9-13)16-14(17)10-2-4-11(15)5-3-10/h2-9H,1H3,(H,16,17). The molecule has 0 radical (unpaired) electrons. The Hall–Kier alpha value is -2.21. The summed E-state index contributed by atoms with van der Waals surface area (Å²) in [6.45, 7) is 0. The Morgan fingerprint density at radius 1 is 1.00 bits per heavy atom. The summed E-state index contributed by atoms with van der Waals surface area (Å²) in [6.07, 6.45) is 1.11. The van der Waals surface area contributed by atoms with Gasteiger partial charge in [-0.25, -0.2) is 12.8 Å². The fraction of sp³-hybridized carbons (Fsp3) is 0.0714. The molecule has 1 N–H and O–H groups in total. The maximum atomic E-state index is 12.7. The fourth-order valence-electron chi connectivity index (χ4n) is 1.59. The first-order chi connectivity index (χ1) is 9.36. The molecule has 0 aliphatic rings. The maximum Gasteiger partial charge on any atom is 0.255 e. The zero-order valence-electron chi connectivity index (χ0n) is 10.6. The Kier molecular flexibility index (Phi) is 3.85. The van der Waals surface area contributed by atoms with E-state index >= 15 is 0 Å². The van der Waals surface area contributed by atoms with Crippen molar-refractivity contribution in [2.45, 2.75) is 4.90 Å². The zero-order chi connectivity index (χ0) is 14.8. The van der Waals surface area contributed by atoms with Crippen LogP contribution in [0.4, 0.5) is 10.1 Å². The van der Waals surface area contributed by atoms with Gasteiger partial charge in [0.05, 0.1) is 4.90 Å². The van der Waals surface area contributed by atoms with E-state index in [1.807, 2.05) is 0 Å². The molecule has 0 unspecified atom stereocenters. The lowest BCUT2D eigenvalue weighted by molar-refractivity contribution is 0.102. The second kappa shape index (κ2) is 5.42. The minimum atomic E-state index is -3.26. The Labute approximate surface area is 116 Å². The van der Waals surface area contributed by atoms with Crippen LogP contribution in [-0.4, -0.2) is 20.6 Å². The van der Waals surface area contributed by atoms with Gasteiger partial charge in [0.15, 0.2) is 9.84 Å². The molecule has 0 aliphatic carbocycles. The van der Waals surface area contributed by atoms with E-state index in [2.05, 4.69) is 5.32 Å². The molecule has 0 aliphatic heterocycles. The van der Waals surface area contributed by atoms with Gasteiger partial charge in [-0.3, -0.25) is 4.79 Å². The van der Waals surface area contributed by atoms with Crippen LogP contribution in [0.25, 0.3) is 0 Å². The van der Waals surface area contributed by atoms with E-state index in [0.29, 0.717) is 11.3 Å². The summed E-state index contributed by atoms with van der Waals surface area (Å²) in [5.74, 6) is -0.809. The summed E-state index contributed by atoms with van der Waals surface area (Å²) < 4.78 is 35.3. The Morgan fingerprint density at radius 3 is 2.05 bits per heavy atom. The number of benzene rings is 2. The molecule has 2 rings (SSSR count). The number of rotatable bonds is 3. The van der Waals surface area contributed by atoms with Gasteiger partial charge in [-0.15, -0.1) is 0 Å². The molecule has 0 heterocycles. The van der Waals surface area contributed by atoms with E-state index < -0.39 is 21.6 Å². The van der Waals surface area contributed by atoms with Gasteiger partial charge in [-0.2, -0.15) is 0 Å². The first-order valence-corrected chi connectivity index (χ1v) is 7.62. The van der Waals surface area contributed by atoms with Crippen molar-refractivity contribution in [1.29, 1.82) is 0 Å². The third kappa shape index (κ3) is 3.42. The Balaban J connectivity index is 2.14. The number of anilines is 1. The molecular weight excluding hydrogens is 281 g/mol. The maximum absolute atomic E-state index is 12.7. The van der Waals surface area contributed by atoms with Crippen LogP contribution in [0.15, 0.2) is 53.4 Å². The van der Waals surface area contributed by atoms with Crippen LogP contribution in [0.5, 0.6) is 0 Å². The van der Waals surface area contributed by atoms with Crippen LogP contribution in [0, 0.1) is 5.82 Å². The number of hydrogen-bond donors (Lipinski definition) is 1. The number of carbonyl (C=O) groups excluding carboxylic acids is 1. The van der Waals surface area contributed by atoms with Crippen LogP contribution in [0.1, 0.15) is 10.4 Å². The van der Waals surface area contributed by atoms with Gasteiger partial charge in [0, 0.05) is 17.5 Å². The van der Waals surface area contributed by atoms with Crippen LogP contribution in [-0.2, 0) is 9.84 Å². The lowest BCUT2D eigenvalue weighted by Gasteiger charge is -2.06. The molecule has 1 amide bonds. The average molecular weight is 293 g/mol. The monoisotopic (exact) mass is 293 g/mol. The highest BCUT2D eigenvalue weighted by Gasteiger charge is 2.09. The van der Waals surface area contributed by atoms with Gasteiger partial charge >= 0.3 is 0 Å². The van der Waals surface area contributed by atoms with Crippen molar-refractivity contribution in [3.05, 3.63) is 59.9 Å². The molecule has 0 atom stereocenters. The highest BCUT2D eigenvalue weighted by atomic mass is 32.2. The number of sulfone groups is 1. The van der Waals surface area contributed by atoms with Crippen molar-refractivity contribution >= 4 is 21.4 Å². The third-order valence-corrected chi connectivity index (χ3v) is 3.78. The number of carbonyl (C=O) groups is 1. The topological polar surface area (TPSA) is 63.2 Å². The second-order valence-electron chi connectivity index (χ2n) is 4.26. The van der Waals surface area contributed by atoms with Crippen molar-refractivity contribution in [3.63, 3.8) is 0 Å². The molecular formula is C14H12FNO3S. The summed E-state index contributed by atoms with van der Waals surface area (Å²) >= 11 is 0. The first-order valence-electron chi connectivity index (χ1n) is 5.73. The lowest BCUT2D eigenvalue weighted by Crippen LogP contribution is -2.11. The zero-order valence-corrected chi connectivity index (χ0v) is 11.4. The molecule has 0 fully saturated rings. The van der Waals surface area contributed by atoms with Crippen LogP contribution < -0.4 is 5.32 Å². The third-order valence-electron chi connectivity index (χ3n) is 2.65. The molecule has 0 spiro atoms. The van der Waals surface area contributed by atoms with Gasteiger partial charge in [0.2, 0.25) is 0 Å². The van der Waals surface area contributed by atoms with Crippen molar-refractivity contribution < 1.29 is 17.6 Å². The highest BCUT2D eigenvalue weighted by molar-refractivity contribution is 7.90. The van der Waals surface area contributed by atoms with E-state index in [9.17, 15) is 17.6 Å². The van der Waals surface area contributed by atoms with Crippen molar-refractivity contribution in [2.75, 3.05) is 11.6 Å². The van der Waals surface area contributed by atoms with Crippen LogP contribution >= 0.6 is 0 Å². The fourth-order valence-corrected chi connectivity index (χ4v) is 2.22. The van der Waals surface area contributed by atoms with E-state index in [1.165, 1.54) is 48.5 Å². The van der Waals surface area contributed by atoms with Crippen molar-refractivity contribution in [3.8, 4) is 0 Å². The summed E-state index contributed by atoms with van der Waals surface area (Å²) in [5, 5.41) is 2.60. The highest BCUT2D eigenvalue weighted by Crippen LogP contribution is 2.15. The first kappa shape index (κ1) is 14.2. The lowest BCUT2D eigenvalue weighted by atomic mass is 10.2. The van der Waals surface area contributed by atoms with Crippen molar-refractivity contribution in [2.24, 2.45) is 0 Å². The SMILES string of the molecule is CS(=O)(=O)c1ccc(NC(=O)c2ccc(F)cc2)cc1. The minimum Gasteiger partial charge on any atom is -0.322 e. The average Bonchev–Trinajstić information content (AvgIpc) is 2.39. The molecule has 0 saturated heterocycles. The predicted octanol–water partition coefficient (Wildman–Crippen LogP) is 2.48. The van der Waals surface area contributed by atoms with Crippen molar-refractivity contribution in [1.82, 2.24) is 0 Å². The quantitative estimate of drug-likeness (QED) is 0.945. The largest absolute Gasteiger partial charge is 0.322 e. The summed E-state index contributed by atoms with van der Waals surface area (Å²) in [6, 6.07) is 11.0. The van der Waals surface area contributed by atoms with Crippen LogP contribution in [0.3, 0.4) is 0 Å². The molecule has 0 bridgehead atoms. The summed E-state index contributed by atoms with van der Waals surface area (Å²) in [4.78, 5) is 12.0. The number of halogens is 1. The molecule has 2 aromatic rings. The van der Waals surface area contributed by atoms with Gasteiger partial charge in [0.1, 0.15) is 5.82 Å². The second-order valence-corrected chi connectivity index (χ2v) is 6.27. The van der Waals surface area contributed by atoms with Gasteiger partial charge < -0.3 is 5.32 Å². The Morgan fingerprint density at radius 2 is 1.55 bits per heavy atom. The molecule has 4 nitrogen and oxygen atoms in total. The number of hydrogen-bond acceptors (Lipinski definition) is 3. The molecule has 20 heavy (non-hydrogen) atoms. The molecule has 0 saturated carbocycles. The van der Waals surface area contributed by atoms with Gasteiger partial charge in [-0.1, -0.05) is 0 Å². The normalized spacial score (nSPS) is 11.1. The van der Waals surface area contributed by atoms with Gasteiger partial charge in [0.25, 0.3) is 5.91 Å². The van der Waals surface area contributed by atoms with E-state index in [0.717, 1.165) is 6.26 Å². The number of amides is 1. The van der Waals surface area contributed by atoms with Gasteiger partial charge in [-0.05, 0) is 48.5 Å². The Bertz CT molecular complexity index is 722. The summed E-state index contributed by atoms with van der Waals surface area (Å²) in [5.41, 5.74) is 0.783. The van der Waals surface area contributed by atoms with E-state index in [1.54, 1.807) is 0 Å². The van der Waals surface area contributed by atoms with E-state index in [4.69, 9.17) is 0 Å². The smallest absolute Gasteiger partial charge is 0.255 e. The minimum absolute atomic E-state index is 0.178. The molecule has 104 valence electrons.